The first-order chi connectivity index (χ1) is 21.3. The van der Waals surface area contributed by atoms with Crippen molar-refractivity contribution in [1.82, 2.24) is 35.2 Å². The summed E-state index contributed by atoms with van der Waals surface area (Å²) in [6.45, 7) is 18.0. The fourth-order valence-corrected chi connectivity index (χ4v) is 4.47. The number of fused-ring (bicyclic) bond motifs is 1. The maximum absolute atomic E-state index is 12.0. The monoisotopic (exact) mass is 618 g/mol. The fraction of sp³-hybridized carbons (Fsp3) is 0.515. The normalized spacial score (nSPS) is 15.0. The molecule has 3 heterocycles. The smallest absolute Gasteiger partial charge is 0.267 e. The third-order valence-corrected chi connectivity index (χ3v) is 7.01. The molecule has 0 atom stereocenters. The van der Waals surface area contributed by atoms with Gasteiger partial charge in [0.25, 0.3) is 5.91 Å². The van der Waals surface area contributed by atoms with Crippen LogP contribution in [0.1, 0.15) is 96.0 Å². The van der Waals surface area contributed by atoms with Crippen molar-refractivity contribution in [3.63, 3.8) is 0 Å². The maximum atomic E-state index is 12.0. The van der Waals surface area contributed by atoms with Crippen molar-refractivity contribution in [3.8, 4) is 0 Å². The number of nitrogens with zero attached hydrogens (tertiary/aromatic N) is 5. The number of aryl methyl sites for hydroxylation is 3. The highest BCUT2D eigenvalue weighted by molar-refractivity contribution is 5.94. The van der Waals surface area contributed by atoms with E-state index in [0.29, 0.717) is 11.5 Å². The molecule has 244 valence electrons. The molecule has 0 unspecified atom stereocenters. The number of carbonyl (C=O) groups is 2. The number of amides is 2. The number of nitrogens with two attached hydrogens (primary N) is 2. The zero-order valence-electron chi connectivity index (χ0n) is 28.2. The standard InChI is InChI=1S/C16H20N6.C15H24N4O2.C2H6/c1-9(2)13-8-15(20-16-7-11(4)21-22(13)16)19-14-6-10(3)17-12(5)18-14;1-8(2)11(13(17)15(21)18-10-5-6-10)7-12(16)19-14(20)9-3-4-9;1-2/h6-9H,1-5H3,(H,17,18,19,20);7-10H,3-6,16-17H2,1-2H3,(H,18,21)(H,19,20);1-2H3/b;12-7+,13-11+;. The molecule has 12 nitrogen and oxygen atoms in total. The van der Waals surface area contributed by atoms with Crippen LogP contribution < -0.4 is 27.4 Å². The molecule has 2 aliphatic rings. The van der Waals surface area contributed by atoms with E-state index in [9.17, 15) is 9.59 Å². The molecule has 0 radical (unpaired) electrons. The van der Waals surface area contributed by atoms with Crippen LogP contribution in [0, 0.1) is 32.6 Å². The second kappa shape index (κ2) is 15.5. The van der Waals surface area contributed by atoms with E-state index in [1.807, 2.05) is 71.2 Å². The molecule has 2 amide bonds. The van der Waals surface area contributed by atoms with Crippen LogP contribution >= 0.6 is 0 Å². The van der Waals surface area contributed by atoms with Crippen LogP contribution in [-0.4, -0.2) is 42.4 Å². The highest BCUT2D eigenvalue weighted by Gasteiger charge is 2.30. The molecule has 0 saturated heterocycles. The summed E-state index contributed by atoms with van der Waals surface area (Å²) in [5.74, 6) is 2.64. The summed E-state index contributed by atoms with van der Waals surface area (Å²) in [6.07, 6.45) is 5.43. The first-order valence-electron chi connectivity index (χ1n) is 15.9. The molecule has 45 heavy (non-hydrogen) atoms. The Kier molecular flexibility index (Phi) is 12.1. The van der Waals surface area contributed by atoms with Crippen LogP contribution in [0.2, 0.25) is 0 Å². The van der Waals surface area contributed by atoms with Crippen LogP contribution in [0.3, 0.4) is 0 Å². The SMILES string of the molecule is CC.CC(C)C(/C=C(\N)NC(=O)C1CC1)=C(/N)C(=O)NC1CC1.Cc1cc(Nc2cc(C(C)C)n3nc(C)cc3n2)nc(C)n1. The molecule has 0 aromatic carbocycles. The molecule has 0 bridgehead atoms. The van der Waals surface area contributed by atoms with Gasteiger partial charge in [-0.2, -0.15) is 5.10 Å². The molecule has 5 rings (SSSR count). The zero-order valence-corrected chi connectivity index (χ0v) is 28.2. The van der Waals surface area contributed by atoms with E-state index in [-0.39, 0.29) is 41.2 Å². The maximum Gasteiger partial charge on any atom is 0.267 e. The third kappa shape index (κ3) is 10.3. The van der Waals surface area contributed by atoms with Gasteiger partial charge in [0.05, 0.1) is 11.4 Å². The summed E-state index contributed by atoms with van der Waals surface area (Å²) < 4.78 is 1.90. The number of aromatic nitrogens is 5. The molecular weight excluding hydrogens is 568 g/mol. The number of hydrogen-bond acceptors (Lipinski definition) is 9. The second-order valence-electron chi connectivity index (χ2n) is 12.0. The first-order valence-corrected chi connectivity index (χ1v) is 15.9. The first kappa shape index (κ1) is 35.0. The van der Waals surface area contributed by atoms with Gasteiger partial charge < -0.3 is 27.4 Å². The Morgan fingerprint density at radius 2 is 1.56 bits per heavy atom. The van der Waals surface area contributed by atoms with E-state index in [2.05, 4.69) is 49.8 Å². The number of anilines is 2. The minimum Gasteiger partial charge on any atom is -0.394 e. The number of nitrogens with one attached hydrogen (secondary N) is 3. The summed E-state index contributed by atoms with van der Waals surface area (Å²) in [5, 5.41) is 13.3. The van der Waals surface area contributed by atoms with Gasteiger partial charge in [-0.25, -0.2) is 19.5 Å². The Morgan fingerprint density at radius 1 is 0.911 bits per heavy atom. The molecule has 7 N–H and O–H groups in total. The Labute approximate surface area is 266 Å². The van der Waals surface area contributed by atoms with Crippen LogP contribution in [0.5, 0.6) is 0 Å². The van der Waals surface area contributed by atoms with E-state index in [1.54, 1.807) is 6.08 Å². The minimum absolute atomic E-state index is 0.0336. The van der Waals surface area contributed by atoms with Crippen molar-refractivity contribution in [1.29, 1.82) is 0 Å². The van der Waals surface area contributed by atoms with Crippen molar-refractivity contribution in [2.24, 2.45) is 23.3 Å². The summed E-state index contributed by atoms with van der Waals surface area (Å²) >= 11 is 0. The Hall–Kier alpha value is -4.48. The second-order valence-corrected chi connectivity index (χ2v) is 12.0. The number of hydrogen-bond donors (Lipinski definition) is 5. The van der Waals surface area contributed by atoms with E-state index < -0.39 is 0 Å². The molecule has 0 aliphatic heterocycles. The lowest BCUT2D eigenvalue weighted by atomic mass is 10.00. The predicted octanol–water partition coefficient (Wildman–Crippen LogP) is 4.80. The van der Waals surface area contributed by atoms with Gasteiger partial charge in [0.15, 0.2) is 5.65 Å². The number of allylic oxidation sites excluding steroid dienone is 2. The van der Waals surface area contributed by atoms with Crippen LogP contribution in [-0.2, 0) is 9.59 Å². The highest BCUT2D eigenvalue weighted by Crippen LogP contribution is 2.29. The fourth-order valence-electron chi connectivity index (χ4n) is 4.47. The van der Waals surface area contributed by atoms with Gasteiger partial charge >= 0.3 is 0 Å². The topological polar surface area (TPSA) is 178 Å². The average Bonchev–Trinajstić information content (AvgIpc) is 3.89. The Balaban J connectivity index is 0.000000233. The number of rotatable bonds is 9. The van der Waals surface area contributed by atoms with Gasteiger partial charge in [0.1, 0.15) is 29.0 Å². The van der Waals surface area contributed by atoms with Crippen molar-refractivity contribution in [2.75, 3.05) is 5.32 Å². The lowest BCUT2D eigenvalue weighted by Crippen LogP contribution is -2.32. The molecule has 0 spiro atoms. The van der Waals surface area contributed by atoms with E-state index >= 15 is 0 Å². The molecule has 3 aromatic heterocycles. The molecule has 2 fully saturated rings. The van der Waals surface area contributed by atoms with E-state index in [1.165, 1.54) is 0 Å². The summed E-state index contributed by atoms with van der Waals surface area (Å²) in [4.78, 5) is 37.0. The van der Waals surface area contributed by atoms with Gasteiger partial charge in [-0.3, -0.25) is 9.59 Å². The molecular formula is C33H50N10O2. The largest absolute Gasteiger partial charge is 0.394 e. The van der Waals surface area contributed by atoms with Crippen LogP contribution in [0.4, 0.5) is 11.6 Å². The Bertz CT molecular complexity index is 1540. The lowest BCUT2D eigenvalue weighted by molar-refractivity contribution is -0.121. The van der Waals surface area contributed by atoms with E-state index in [0.717, 1.165) is 65.9 Å². The van der Waals surface area contributed by atoms with Gasteiger partial charge in [-0.1, -0.05) is 41.5 Å². The summed E-state index contributed by atoms with van der Waals surface area (Å²) in [7, 11) is 0. The zero-order chi connectivity index (χ0) is 33.4. The third-order valence-electron chi connectivity index (χ3n) is 7.01. The molecule has 2 saturated carbocycles. The van der Waals surface area contributed by atoms with Gasteiger partial charge in [-0.05, 0) is 69.9 Å². The summed E-state index contributed by atoms with van der Waals surface area (Å²) in [5.41, 5.74) is 16.4. The molecule has 2 aliphatic carbocycles. The van der Waals surface area contributed by atoms with Gasteiger partial charge in [-0.15, -0.1) is 0 Å². The molecule has 12 heteroatoms. The Morgan fingerprint density at radius 3 is 2.11 bits per heavy atom. The van der Waals surface area contributed by atoms with Crippen LogP contribution in [0.25, 0.3) is 5.65 Å². The molecule has 3 aromatic rings. The van der Waals surface area contributed by atoms with Gasteiger partial charge in [0.2, 0.25) is 5.91 Å². The van der Waals surface area contributed by atoms with Crippen molar-refractivity contribution in [2.45, 2.75) is 100.0 Å². The quantitative estimate of drug-likeness (QED) is 0.166. The van der Waals surface area contributed by atoms with Crippen molar-refractivity contribution >= 4 is 29.1 Å². The highest BCUT2D eigenvalue weighted by atomic mass is 16.2. The average molecular weight is 619 g/mol. The van der Waals surface area contributed by atoms with Gasteiger partial charge in [0, 0.05) is 35.9 Å². The predicted molar refractivity (Wildman–Crippen MR) is 178 cm³/mol. The van der Waals surface area contributed by atoms with Crippen LogP contribution in [0.15, 0.2) is 41.4 Å². The van der Waals surface area contributed by atoms with Crippen molar-refractivity contribution < 1.29 is 9.59 Å². The number of carbonyl (C=O) groups excluding carboxylic acids is 2. The minimum atomic E-state index is -0.265. The van der Waals surface area contributed by atoms with E-state index in [4.69, 9.17) is 11.5 Å². The summed E-state index contributed by atoms with van der Waals surface area (Å²) in [6, 6.07) is 6.17. The lowest BCUT2D eigenvalue weighted by Gasteiger charge is -2.13. The van der Waals surface area contributed by atoms with Crippen molar-refractivity contribution in [3.05, 3.63) is 64.3 Å².